The van der Waals surface area contributed by atoms with Crippen LogP contribution in [-0.2, 0) is 57.2 Å². The normalized spacial score (nSPS) is 10.4. The van der Waals surface area contributed by atoms with E-state index in [-0.39, 0.29) is 77.3 Å². The van der Waals surface area contributed by atoms with Gasteiger partial charge in [-0.2, -0.15) is 0 Å². The van der Waals surface area contributed by atoms with Gasteiger partial charge in [0.1, 0.15) is 32.4 Å². The Kier molecular flexibility index (Phi) is 61.2. The van der Waals surface area contributed by atoms with Crippen LogP contribution in [0.1, 0.15) is 102 Å². The second-order valence-corrected chi connectivity index (χ2v) is 24.0. The molecule has 0 spiro atoms. The zero-order chi connectivity index (χ0) is 56.5. The number of amides is 1. The summed E-state index contributed by atoms with van der Waals surface area (Å²) in [5.41, 5.74) is 10.3. The summed E-state index contributed by atoms with van der Waals surface area (Å²) < 4.78 is 36.5. The molecule has 416 valence electrons. The number of anilines is 1. The van der Waals surface area contributed by atoms with Crippen LogP contribution in [0.15, 0.2) is 35.6 Å². The van der Waals surface area contributed by atoms with Gasteiger partial charge in [-0.1, -0.05) is 60.1 Å². The largest absolute Gasteiger partial charge is 1.00 e. The molecular formula is C45H72Cl4KN8O11PS4. The predicted molar refractivity (Wildman–Crippen MR) is 308 cm³/mol. The Morgan fingerprint density at radius 2 is 1.34 bits per heavy atom. The fourth-order valence-electron chi connectivity index (χ4n) is 4.22. The van der Waals surface area contributed by atoms with Crippen LogP contribution < -0.4 is 73.7 Å². The molecule has 1 aliphatic heterocycles. The van der Waals surface area contributed by atoms with Crippen molar-refractivity contribution < 1.29 is 100 Å². The number of nitrogens with two attached hydrogens (primary N) is 2. The number of hydrogen-bond acceptors (Lipinski definition) is 20. The molecule has 1 fully saturated rings. The molecule has 0 saturated carbocycles. The van der Waals surface area contributed by atoms with Crippen molar-refractivity contribution in [2.75, 3.05) is 70.8 Å². The first-order valence-electron chi connectivity index (χ1n) is 22.6. The van der Waals surface area contributed by atoms with Crippen molar-refractivity contribution in [1.82, 2.24) is 25.3 Å². The van der Waals surface area contributed by atoms with Crippen molar-refractivity contribution >= 4 is 147 Å². The maximum absolute atomic E-state index is 11.3. The molecule has 0 atom stereocenters. The van der Waals surface area contributed by atoms with Crippen molar-refractivity contribution in [2.45, 2.75) is 94.4 Å². The molecule has 0 aromatic carbocycles. The third-order valence-electron chi connectivity index (χ3n) is 7.36. The summed E-state index contributed by atoms with van der Waals surface area (Å²) in [7, 11) is 0. The molecule has 0 bridgehead atoms. The number of aromatic nitrogens is 4. The standard InChI is InChI=1S/C9H13NO2S.C8H7ClN2S.C8H8N2OS.C5H7NO2.C4H11N.C4H8O2.C4H8O.C2H6OS.CH3NO.Cl3OP.K.H/c1-3-6-5-7(8(10)13-6)9(11)12-4-2;1-2-5-3-6-7(9)10-4-11-8(6)12-5;1-2-5-3-6-7(11)9-4-10-8(6)12-5;1-3-8-5(7)4-6-2;1-3-5-4-2;1-2-6-4-3-5-1;1-2-3-4-5;1-2-4-3;2-1-3;1-5(2,3)4;;/h5H,3-4,10H2,1-2H3;3-4H,2H2,1H3;3-4H,2H2,1H3,(H,9,10,11);3-4H2,1H3;5H,3-4H2,1-2H3;1-4H2;4H,2-3H2,1H3;3H,2H2,1H3;1H,(H2,2,3);;;/q;;;;;;;;;;+1;-1. The number of nitrogens with one attached hydrogen (secondary N) is 2. The number of rotatable bonds is 12. The number of nitrogens with zero attached hydrogens (tertiary/aromatic N) is 4. The van der Waals surface area contributed by atoms with Gasteiger partial charge < -0.3 is 56.3 Å². The van der Waals surface area contributed by atoms with E-state index in [0.29, 0.717) is 40.7 Å². The number of ether oxygens (including phenoxy) is 4. The number of H-pyrrole nitrogens is 1. The van der Waals surface area contributed by atoms with Crippen LogP contribution in [0, 0.1) is 6.57 Å². The van der Waals surface area contributed by atoms with Gasteiger partial charge in [0.25, 0.3) is 5.56 Å². The third kappa shape index (κ3) is 47.4. The fourth-order valence-corrected chi connectivity index (χ4v) is 7.19. The molecule has 0 radical (unpaired) electrons. The van der Waals surface area contributed by atoms with Gasteiger partial charge in [-0.15, -0.1) is 34.0 Å². The Morgan fingerprint density at radius 3 is 1.66 bits per heavy atom. The molecular weight excluding hydrogens is 1170 g/mol. The van der Waals surface area contributed by atoms with Crippen LogP contribution in [0.5, 0.6) is 0 Å². The van der Waals surface area contributed by atoms with Crippen LogP contribution in [0.3, 0.4) is 0 Å². The summed E-state index contributed by atoms with van der Waals surface area (Å²) in [6.07, 6.45) is 8.69. The van der Waals surface area contributed by atoms with E-state index in [1.165, 1.54) is 33.7 Å². The van der Waals surface area contributed by atoms with Gasteiger partial charge in [0, 0.05) is 32.2 Å². The molecule has 0 aliphatic carbocycles. The molecule has 74 heavy (non-hydrogen) atoms. The number of nitrogen functional groups attached to an aromatic ring is 1. The van der Waals surface area contributed by atoms with E-state index in [9.17, 15) is 23.7 Å². The second-order valence-electron chi connectivity index (χ2n) is 12.7. The minimum absolute atomic E-state index is 0. The average Bonchev–Trinajstić information content (AvgIpc) is 4.12. The minimum Gasteiger partial charge on any atom is -1.00 e. The van der Waals surface area contributed by atoms with Gasteiger partial charge in [-0.05, 0) is 117 Å². The van der Waals surface area contributed by atoms with E-state index in [4.69, 9.17) is 47.5 Å². The summed E-state index contributed by atoms with van der Waals surface area (Å²) in [6.45, 7) is 29.9. The number of esters is 2. The quantitative estimate of drug-likeness (QED) is 0.0148. The van der Waals surface area contributed by atoms with Crippen molar-refractivity contribution in [1.29, 1.82) is 0 Å². The van der Waals surface area contributed by atoms with E-state index in [0.717, 1.165) is 109 Å². The van der Waals surface area contributed by atoms with E-state index < -0.39 is 11.2 Å². The van der Waals surface area contributed by atoms with Gasteiger partial charge in [0.2, 0.25) is 6.41 Å². The Hall–Kier alpha value is -1.83. The van der Waals surface area contributed by atoms with E-state index in [2.05, 4.69) is 108 Å². The number of aromatic amines is 1. The number of unbranched alkanes of at least 4 members (excludes halogenated alkanes) is 1. The maximum Gasteiger partial charge on any atom is 1.00 e. The summed E-state index contributed by atoms with van der Waals surface area (Å²) in [6, 6.07) is 5.77. The van der Waals surface area contributed by atoms with Crippen LogP contribution in [0.2, 0.25) is 5.15 Å². The number of primary amides is 1. The first kappa shape index (κ1) is 81.0. The first-order chi connectivity index (χ1) is 34.8. The van der Waals surface area contributed by atoms with Crippen molar-refractivity contribution in [3.05, 3.63) is 78.0 Å². The fraction of sp³-hybridized carbons (Fsp3) is 0.533. The van der Waals surface area contributed by atoms with E-state index in [1.807, 2.05) is 26.8 Å². The van der Waals surface area contributed by atoms with Gasteiger partial charge in [-0.3, -0.25) is 14.2 Å². The van der Waals surface area contributed by atoms with E-state index in [1.54, 1.807) is 42.6 Å². The molecule has 1 amide bonds. The first-order valence-corrected chi connectivity index (χ1v) is 30.8. The third-order valence-corrected chi connectivity index (χ3v) is 11.4. The molecule has 6 rings (SSSR count). The van der Waals surface area contributed by atoms with Crippen LogP contribution in [0.4, 0.5) is 5.00 Å². The number of halogens is 4. The number of aryl methyl sites for hydroxylation is 3. The number of carbonyl (C=O) groups is 4. The van der Waals surface area contributed by atoms with Gasteiger partial charge in [-0.25, -0.2) is 31.1 Å². The van der Waals surface area contributed by atoms with Gasteiger partial charge in [0.05, 0.1) is 56.9 Å². The molecule has 7 N–H and O–H groups in total. The minimum atomic E-state index is -3.22. The SMILES string of the molecule is C1COCCO1.CCCC=O.CCNCC.CCOC(=O)c1cc(CC)sc1N.CCSO.CCc1cc2c(=O)[nH]cnc2s1.CCc1cc2c(Cl)ncnc2s1.NC=O.O=P(Cl)(Cl)Cl.[C-]#[N+]CC(=O)OCC.[H-].[K+]. The number of carbonyl (C=O) groups excluding carboxylic acids is 4. The number of thiophene rings is 3. The molecule has 6 heterocycles. The maximum atomic E-state index is 11.3. The Balaban J connectivity index is -0.000000182. The monoisotopic (exact) mass is 1240 g/mol. The molecule has 19 nitrogen and oxygen atoms in total. The number of aldehydes is 1. The number of hydrogen-bond donors (Lipinski definition) is 5. The zero-order valence-electron chi connectivity index (χ0n) is 44.7. The topological polar surface area (TPSA) is 282 Å². The molecule has 1 aliphatic rings. The zero-order valence-corrected chi connectivity index (χ0v) is 54.0. The second kappa shape index (κ2) is 55.9. The van der Waals surface area contributed by atoms with Gasteiger partial charge in [0.15, 0.2) is 0 Å². The molecule has 0 unspecified atom stereocenters. The Morgan fingerprint density at radius 1 is 0.878 bits per heavy atom. The predicted octanol–water partition coefficient (Wildman–Crippen LogP) is 8.87. The summed E-state index contributed by atoms with van der Waals surface area (Å²) >= 11 is 25.3. The van der Waals surface area contributed by atoms with Crippen LogP contribution in [-0.4, -0.2) is 114 Å². The average molecular weight is 1240 g/mol. The van der Waals surface area contributed by atoms with Crippen LogP contribution in [0.25, 0.3) is 25.3 Å². The van der Waals surface area contributed by atoms with Crippen molar-refractivity contribution in [2.24, 2.45) is 5.73 Å². The summed E-state index contributed by atoms with van der Waals surface area (Å²) in [5, 5.41) is 2.67. The summed E-state index contributed by atoms with van der Waals surface area (Å²) in [5.74, 6) is 0.0263. The number of fused-ring (bicyclic) bond motifs is 2. The van der Waals surface area contributed by atoms with Gasteiger partial charge >= 0.3 is 75.1 Å². The molecule has 5 aromatic rings. The smallest absolute Gasteiger partial charge is 1.00 e. The van der Waals surface area contributed by atoms with Crippen LogP contribution >= 0.6 is 96.6 Å². The summed E-state index contributed by atoms with van der Waals surface area (Å²) in [4.78, 5) is 73.6. The van der Waals surface area contributed by atoms with Crippen molar-refractivity contribution in [3.8, 4) is 0 Å². The Labute approximate surface area is 515 Å². The molecule has 29 heteroatoms. The van der Waals surface area contributed by atoms with Crippen molar-refractivity contribution in [3.63, 3.8) is 0 Å². The Bertz CT molecular complexity index is 2320. The molecule has 1 saturated heterocycles. The van der Waals surface area contributed by atoms with E-state index >= 15 is 0 Å². The molecule has 5 aromatic heterocycles.